The lowest BCUT2D eigenvalue weighted by Crippen LogP contribution is -2.35. The molecule has 0 aliphatic rings. The van der Waals surface area contributed by atoms with Gasteiger partial charge in [-0.05, 0) is 12.2 Å². The molecule has 0 fully saturated rings. The largest absolute Gasteiger partial charge is 0.355 e. The molecule has 1 aromatic heterocycles. The molecule has 0 amide bonds. The highest BCUT2D eigenvalue weighted by molar-refractivity contribution is 7.99. The van der Waals surface area contributed by atoms with E-state index in [2.05, 4.69) is 25.6 Å². The molecule has 3 N–H and O–H groups in total. The number of nitriles is 1. The molecule has 0 atom stereocenters. The van der Waals surface area contributed by atoms with Gasteiger partial charge in [-0.25, -0.2) is 4.98 Å². The van der Waals surface area contributed by atoms with Crippen LogP contribution in [0.1, 0.15) is 5.69 Å². The van der Waals surface area contributed by atoms with Gasteiger partial charge in [0.15, 0.2) is 6.19 Å². The van der Waals surface area contributed by atoms with Crippen LogP contribution in [0.2, 0.25) is 0 Å². The number of aromatic amines is 1. The van der Waals surface area contributed by atoms with Gasteiger partial charge in [0.1, 0.15) is 0 Å². The van der Waals surface area contributed by atoms with Crippen LogP contribution in [0, 0.1) is 11.5 Å². The molecule has 0 saturated carbocycles. The van der Waals surface area contributed by atoms with E-state index in [0.717, 1.165) is 30.2 Å². The summed E-state index contributed by atoms with van der Waals surface area (Å²) in [6.07, 6.45) is 6.36. The zero-order valence-electron chi connectivity index (χ0n) is 9.73. The molecule has 92 valence electrons. The number of thioether (sulfide) groups is 1. The second-order valence-electron chi connectivity index (χ2n) is 3.18. The molecule has 0 bridgehead atoms. The summed E-state index contributed by atoms with van der Waals surface area (Å²) in [6, 6.07) is 0. The summed E-state index contributed by atoms with van der Waals surface area (Å²) in [6.45, 7) is 0.787. The minimum absolute atomic E-state index is 0.515. The van der Waals surface area contributed by atoms with Crippen molar-refractivity contribution in [3.8, 4) is 6.19 Å². The maximum atomic E-state index is 8.42. The lowest BCUT2D eigenvalue weighted by molar-refractivity contribution is 0.930. The number of guanidine groups is 1. The number of aromatic nitrogens is 2. The number of aliphatic imine (C=N–C) groups is 1. The van der Waals surface area contributed by atoms with E-state index in [4.69, 9.17) is 5.26 Å². The molecular weight excluding hydrogens is 236 g/mol. The first-order valence-corrected chi connectivity index (χ1v) is 6.43. The number of H-pyrrole nitrogens is 1. The van der Waals surface area contributed by atoms with E-state index in [1.54, 1.807) is 13.4 Å². The molecule has 0 aromatic carbocycles. The molecule has 0 unspecified atom stereocenters. The SMILES string of the molecule is CN=C(NC#N)NCCSCCc1cnc[nH]1. The summed E-state index contributed by atoms with van der Waals surface area (Å²) in [5.41, 5.74) is 1.16. The van der Waals surface area contributed by atoms with Gasteiger partial charge < -0.3 is 10.3 Å². The fourth-order valence-electron chi connectivity index (χ4n) is 1.18. The standard InChI is InChI=1S/C10H16N6S/c1-12-10(15-7-11)14-3-5-17-4-2-9-6-13-8-16-9/h6,8H,2-5H2,1H3,(H,13,16)(H2,12,14,15). The van der Waals surface area contributed by atoms with Crippen molar-refractivity contribution >= 4 is 17.7 Å². The fourth-order valence-corrected chi connectivity index (χ4v) is 1.99. The van der Waals surface area contributed by atoms with Crippen molar-refractivity contribution in [2.45, 2.75) is 6.42 Å². The molecule has 7 heteroatoms. The lowest BCUT2D eigenvalue weighted by atomic mass is 10.4. The Kier molecular flexibility index (Phi) is 6.67. The maximum Gasteiger partial charge on any atom is 0.204 e. The summed E-state index contributed by atoms with van der Waals surface area (Å²) in [7, 11) is 1.64. The van der Waals surface area contributed by atoms with Gasteiger partial charge in [0.2, 0.25) is 5.96 Å². The van der Waals surface area contributed by atoms with Gasteiger partial charge >= 0.3 is 0 Å². The molecular formula is C10H16N6S. The highest BCUT2D eigenvalue weighted by Gasteiger charge is 1.96. The van der Waals surface area contributed by atoms with Crippen molar-refractivity contribution in [1.82, 2.24) is 20.6 Å². The van der Waals surface area contributed by atoms with Gasteiger partial charge in [-0.1, -0.05) is 0 Å². The van der Waals surface area contributed by atoms with E-state index in [1.807, 2.05) is 24.2 Å². The van der Waals surface area contributed by atoms with Crippen molar-refractivity contribution < 1.29 is 0 Å². The highest BCUT2D eigenvalue weighted by atomic mass is 32.2. The maximum absolute atomic E-state index is 8.42. The number of rotatable bonds is 6. The Labute approximate surface area is 105 Å². The molecule has 0 spiro atoms. The molecule has 1 rings (SSSR count). The Morgan fingerprint density at radius 2 is 2.53 bits per heavy atom. The van der Waals surface area contributed by atoms with Crippen molar-refractivity contribution in [1.29, 1.82) is 5.26 Å². The van der Waals surface area contributed by atoms with E-state index in [9.17, 15) is 0 Å². The van der Waals surface area contributed by atoms with Crippen LogP contribution in [-0.2, 0) is 6.42 Å². The van der Waals surface area contributed by atoms with Crippen LogP contribution in [0.5, 0.6) is 0 Å². The monoisotopic (exact) mass is 252 g/mol. The number of hydrogen-bond donors (Lipinski definition) is 3. The molecule has 6 nitrogen and oxygen atoms in total. The molecule has 0 aliphatic heterocycles. The molecule has 17 heavy (non-hydrogen) atoms. The Hall–Kier alpha value is -1.68. The third-order valence-corrected chi connectivity index (χ3v) is 2.99. The normalized spacial score (nSPS) is 10.9. The molecule has 1 aromatic rings. The van der Waals surface area contributed by atoms with Crippen LogP contribution in [0.15, 0.2) is 17.5 Å². The van der Waals surface area contributed by atoms with Crippen molar-refractivity contribution in [3.05, 3.63) is 18.2 Å². The van der Waals surface area contributed by atoms with Crippen LogP contribution < -0.4 is 10.6 Å². The first-order chi connectivity index (χ1) is 8.36. The number of nitrogens with one attached hydrogen (secondary N) is 3. The van der Waals surface area contributed by atoms with Crippen molar-refractivity contribution in [2.24, 2.45) is 4.99 Å². The van der Waals surface area contributed by atoms with Crippen LogP contribution in [0.25, 0.3) is 0 Å². The fraction of sp³-hybridized carbons (Fsp3) is 0.500. The second kappa shape index (κ2) is 8.47. The van der Waals surface area contributed by atoms with Gasteiger partial charge in [0.25, 0.3) is 0 Å². The second-order valence-corrected chi connectivity index (χ2v) is 4.40. The average molecular weight is 252 g/mol. The molecule has 0 aliphatic carbocycles. The number of nitrogens with zero attached hydrogens (tertiary/aromatic N) is 3. The predicted molar refractivity (Wildman–Crippen MR) is 69.7 cm³/mol. The summed E-state index contributed by atoms with van der Waals surface area (Å²) in [4.78, 5) is 10.9. The Morgan fingerprint density at radius 1 is 1.65 bits per heavy atom. The van der Waals surface area contributed by atoms with Crippen LogP contribution in [-0.4, -0.2) is 41.0 Å². The van der Waals surface area contributed by atoms with Gasteiger partial charge in [-0.2, -0.15) is 17.0 Å². The third kappa shape index (κ3) is 5.82. The average Bonchev–Trinajstić information content (AvgIpc) is 2.85. The smallest absolute Gasteiger partial charge is 0.204 e. The first-order valence-electron chi connectivity index (χ1n) is 5.27. The quantitative estimate of drug-likeness (QED) is 0.223. The summed E-state index contributed by atoms with van der Waals surface area (Å²) in [5.74, 6) is 2.54. The molecule has 0 saturated heterocycles. The topological polar surface area (TPSA) is 88.9 Å². The van der Waals surface area contributed by atoms with Crippen LogP contribution >= 0.6 is 11.8 Å². The van der Waals surface area contributed by atoms with E-state index in [0.29, 0.717) is 5.96 Å². The van der Waals surface area contributed by atoms with Crippen molar-refractivity contribution in [3.63, 3.8) is 0 Å². The van der Waals surface area contributed by atoms with Gasteiger partial charge in [0, 0.05) is 31.2 Å². The zero-order chi connectivity index (χ0) is 12.3. The van der Waals surface area contributed by atoms with Gasteiger partial charge in [-0.3, -0.25) is 10.3 Å². The van der Waals surface area contributed by atoms with Gasteiger partial charge in [0.05, 0.1) is 6.33 Å². The molecule has 1 heterocycles. The molecule has 0 radical (unpaired) electrons. The third-order valence-electron chi connectivity index (χ3n) is 2.01. The first kappa shape index (κ1) is 13.4. The summed E-state index contributed by atoms with van der Waals surface area (Å²) < 4.78 is 0. The predicted octanol–water partition coefficient (Wildman–Crippen LogP) is 0.331. The Bertz CT molecular complexity index is 367. The number of imidazole rings is 1. The van der Waals surface area contributed by atoms with Crippen molar-refractivity contribution in [2.75, 3.05) is 25.1 Å². The summed E-state index contributed by atoms with van der Waals surface area (Å²) >= 11 is 1.85. The minimum atomic E-state index is 0.515. The lowest BCUT2D eigenvalue weighted by Gasteiger charge is -2.06. The number of hydrogen-bond acceptors (Lipinski definition) is 4. The highest BCUT2D eigenvalue weighted by Crippen LogP contribution is 2.03. The van der Waals surface area contributed by atoms with E-state index in [1.165, 1.54) is 0 Å². The Morgan fingerprint density at radius 3 is 3.18 bits per heavy atom. The minimum Gasteiger partial charge on any atom is -0.355 e. The number of aryl methyl sites for hydroxylation is 1. The zero-order valence-corrected chi connectivity index (χ0v) is 10.5. The van der Waals surface area contributed by atoms with Crippen LogP contribution in [0.4, 0.5) is 0 Å². The van der Waals surface area contributed by atoms with E-state index >= 15 is 0 Å². The van der Waals surface area contributed by atoms with Gasteiger partial charge in [-0.15, -0.1) is 0 Å². The summed E-state index contributed by atoms with van der Waals surface area (Å²) in [5, 5.41) is 13.9. The Balaban J connectivity index is 1.99. The van der Waals surface area contributed by atoms with Crippen LogP contribution in [0.3, 0.4) is 0 Å². The van der Waals surface area contributed by atoms with E-state index in [-0.39, 0.29) is 0 Å². The van der Waals surface area contributed by atoms with E-state index < -0.39 is 0 Å².